The maximum Gasteiger partial charge on any atom is 0.246 e. The van der Waals surface area contributed by atoms with Gasteiger partial charge in [0.15, 0.2) is 0 Å². The van der Waals surface area contributed by atoms with Crippen molar-refractivity contribution < 1.29 is 91.7 Å². The standard InChI is InChI=1S/C90H126BrN23O19S/c1-9-11-22-69-83(126)103-61(28-30-93)80(123)109-68(78(121)99-43-75(95)118)45-134-46-76(119)101-65(34-50-25-26-73(116)57(91)33-50)86(129)110(6)49(5)77(120)106-67(39-74(94)117)88(131)113-31-17-24-70(113)84(127)105-63(37-53-42-96-47-100-53)82(125)107-64(32-48(3)4)89(132)114-44-54(115)38-72(114)85(128)104-62(35-51-40-97-58-20-15-13-18-55(51)58)81(124)102-60(27-29-92)79(122)108-66(36-52-41-98-59-21-16-14-19-56(52)59)87(130)112(8)71(23-12-10-2)90(133)111(69)7/h13-16,18-21,25-26,33,40-42,47-49,54,60-72,97-98,115-116H,9-12,17,22-24,27-32,34-39,43-46,92-93H2,1-8H3,(H2,94,117)(H2,95,118)(H,96,100)(H,99,121)(H,101,119)(H,102,124)(H,103,126)(H,104,128)(H,105,127)(H,106,120)(H,107,125)(H,108,122)(H,109,123)/t49-,54+,60-,61-,62-,63-,64-,65-,66-,67-,68-,69-,70-,71-,72-/m0/s1. The van der Waals surface area contributed by atoms with Gasteiger partial charge in [0.25, 0.3) is 0 Å². The van der Waals surface area contributed by atoms with Crippen molar-refractivity contribution in [2.75, 3.05) is 65.4 Å². The average molecular weight is 1950 g/mol. The van der Waals surface area contributed by atoms with E-state index in [0.717, 1.165) is 26.5 Å². The van der Waals surface area contributed by atoms with Crippen LogP contribution in [0.25, 0.3) is 21.8 Å². The first-order chi connectivity index (χ1) is 63.8. The molecule has 23 N–H and O–H groups in total. The molecule has 9 rings (SSSR count). The molecule has 3 aromatic carbocycles. The normalized spacial score (nSPS) is 24.9. The molecular weight excluding hydrogens is 1820 g/mol. The third-order valence-corrected chi connectivity index (χ3v) is 25.8. The maximum absolute atomic E-state index is 15.8. The minimum absolute atomic E-state index is 0.0107. The highest BCUT2D eigenvalue weighted by atomic mass is 79.9. The van der Waals surface area contributed by atoms with Gasteiger partial charge in [-0.1, -0.05) is 95.8 Å². The number of aliphatic hydroxyl groups excluding tert-OH is 1. The number of para-hydroxylation sites is 2. The zero-order valence-electron chi connectivity index (χ0n) is 76.5. The lowest BCUT2D eigenvalue weighted by Crippen LogP contribution is -2.61. The Hall–Kier alpha value is -12.6. The number of nitrogens with two attached hydrogens (primary N) is 4. The molecule has 134 heavy (non-hydrogen) atoms. The number of rotatable bonds is 25. The number of phenolic OH excluding ortho intramolecular Hbond substituents is 1. The number of benzene rings is 3. The zero-order valence-corrected chi connectivity index (χ0v) is 78.9. The third-order valence-electron chi connectivity index (χ3n) is 24.1. The van der Waals surface area contributed by atoms with Crippen LogP contribution in [-0.4, -0.2) is 311 Å². The number of phenols is 1. The monoisotopic (exact) mass is 1940 g/mol. The van der Waals surface area contributed by atoms with Crippen molar-refractivity contribution in [2.45, 2.75) is 234 Å². The van der Waals surface area contributed by atoms with Crippen molar-refractivity contribution in [3.05, 3.63) is 119 Å². The van der Waals surface area contributed by atoms with Gasteiger partial charge in [-0.25, -0.2) is 4.98 Å². The van der Waals surface area contributed by atoms with Crippen molar-refractivity contribution in [1.82, 2.24) is 97.6 Å². The number of hydrogen-bond donors (Lipinski definition) is 19. The van der Waals surface area contributed by atoms with E-state index >= 15 is 38.4 Å². The van der Waals surface area contributed by atoms with Crippen LogP contribution >= 0.6 is 27.7 Å². The summed E-state index contributed by atoms with van der Waals surface area (Å²) in [7, 11) is 3.97. The van der Waals surface area contributed by atoms with E-state index in [0.29, 0.717) is 69.9 Å². The van der Waals surface area contributed by atoms with Crippen LogP contribution in [-0.2, 0) is 107 Å². The van der Waals surface area contributed by atoms with Crippen molar-refractivity contribution in [2.24, 2.45) is 28.9 Å². The first kappa shape index (κ1) is 105. The molecule has 0 bridgehead atoms. The van der Waals surface area contributed by atoms with Gasteiger partial charge in [0.2, 0.25) is 100 Å². The Bertz CT molecular complexity index is 5190. The number of aromatic amines is 3. The highest BCUT2D eigenvalue weighted by Crippen LogP contribution is 2.30. The van der Waals surface area contributed by atoms with Crippen LogP contribution < -0.4 is 76.1 Å². The van der Waals surface area contributed by atoms with Crippen molar-refractivity contribution in [3.8, 4) is 5.75 Å². The van der Waals surface area contributed by atoms with E-state index in [4.69, 9.17) is 22.9 Å². The quantitative estimate of drug-likeness (QED) is 0.0303. The Morgan fingerprint density at radius 2 is 1.08 bits per heavy atom. The summed E-state index contributed by atoms with van der Waals surface area (Å²) in [5.74, 6) is -17.0. The molecule has 6 aromatic rings. The number of likely N-dealkylation sites (N-methyl/N-ethyl adjacent to an activating group) is 3. The number of hydrogen-bond acceptors (Lipinski definition) is 23. The second-order valence-corrected chi connectivity index (χ2v) is 36.5. The zero-order chi connectivity index (χ0) is 97.9. The van der Waals surface area contributed by atoms with Crippen molar-refractivity contribution in [3.63, 3.8) is 0 Å². The van der Waals surface area contributed by atoms with Gasteiger partial charge in [0, 0.05) is 118 Å². The second kappa shape index (κ2) is 50.0. The molecule has 3 aromatic heterocycles. The van der Waals surface area contributed by atoms with Crippen molar-refractivity contribution >= 4 is 150 Å². The van der Waals surface area contributed by atoms with Gasteiger partial charge in [0.1, 0.15) is 90.3 Å². The van der Waals surface area contributed by atoms with E-state index in [2.05, 4.69) is 89.0 Å². The van der Waals surface area contributed by atoms with Gasteiger partial charge in [-0.2, -0.15) is 0 Å². The molecule has 0 spiro atoms. The Morgan fingerprint density at radius 1 is 0.560 bits per heavy atom. The number of primary amides is 2. The lowest BCUT2D eigenvalue weighted by atomic mass is 9.99. The van der Waals surface area contributed by atoms with Gasteiger partial charge in [0.05, 0.1) is 35.6 Å². The number of carbonyl (C=O) groups is 17. The van der Waals surface area contributed by atoms with Crippen LogP contribution in [0, 0.1) is 5.92 Å². The smallest absolute Gasteiger partial charge is 0.246 e. The van der Waals surface area contributed by atoms with E-state index in [1.165, 1.54) is 68.6 Å². The Labute approximate surface area is 787 Å². The number of aromatic nitrogens is 4. The molecular formula is C90H126BrN23O19S. The molecule has 6 heterocycles. The number of amides is 17. The van der Waals surface area contributed by atoms with Crippen LogP contribution in [0.4, 0.5) is 0 Å². The van der Waals surface area contributed by atoms with Crippen LogP contribution in [0.2, 0.25) is 0 Å². The number of halogens is 1. The van der Waals surface area contributed by atoms with Crippen LogP contribution in [0.1, 0.15) is 140 Å². The minimum Gasteiger partial charge on any atom is -0.507 e. The summed E-state index contributed by atoms with van der Waals surface area (Å²) in [4.78, 5) is 269. The number of fused-ring (bicyclic) bond motifs is 4. The van der Waals surface area contributed by atoms with Gasteiger partial charge in [-0.05, 0) is 128 Å². The third kappa shape index (κ3) is 28.5. The second-order valence-electron chi connectivity index (χ2n) is 34.6. The topological polar surface area (TPSA) is 631 Å². The molecule has 3 aliphatic rings. The molecule has 15 atom stereocenters. The largest absolute Gasteiger partial charge is 0.507 e. The van der Waals surface area contributed by atoms with Gasteiger partial charge < -0.3 is 126 Å². The summed E-state index contributed by atoms with van der Waals surface area (Å²) in [5.41, 5.74) is 26.6. The molecule has 44 heteroatoms. The molecule has 0 unspecified atom stereocenters. The molecule has 0 aliphatic carbocycles. The van der Waals surface area contributed by atoms with E-state index in [1.807, 2.05) is 13.8 Å². The van der Waals surface area contributed by atoms with Crippen LogP contribution in [0.5, 0.6) is 5.75 Å². The number of nitrogens with one attached hydrogen (secondary N) is 13. The molecule has 728 valence electrons. The maximum atomic E-state index is 15.8. The van der Waals surface area contributed by atoms with Crippen LogP contribution in [0.15, 0.2) is 96.1 Å². The summed E-state index contributed by atoms with van der Waals surface area (Å²) in [6, 6.07) is -2.63. The molecule has 0 saturated carbocycles. The lowest BCUT2D eigenvalue weighted by Gasteiger charge is -2.36. The number of thioether (sulfide) groups is 1. The SMILES string of the molecule is CCCC[C@H]1C(=O)N(C)[C@@H](CCCC)C(=O)N[C@@H](CCN)C(=O)N[C@H](C(=O)NCC(N)=O)CSCC(=O)N[C@@H](Cc2ccc(O)c(Br)c2)C(=O)N(C)[C@@H](C)C(=O)N[C@@H](CC(N)=O)C(=O)N2CCC[C@H]2C(=O)N[C@@H](Cc2cnc[nH]2)C(=O)N[C@@H](CC(C)C)C(=O)N2C[C@H](O)C[C@H]2C(=O)N[C@@H](Cc2c[nH]c3ccccc23)C(=O)N[C@@H](CCN)C(=O)N[C@@H](Cc2c[nH]c3ccccc23)C(=O)N1C. The first-order valence-electron chi connectivity index (χ1n) is 45.0. The molecule has 0 radical (unpaired) electrons. The van der Waals surface area contributed by atoms with E-state index in [-0.39, 0.29) is 113 Å². The Balaban J connectivity index is 1.10. The Kier molecular flexibility index (Phi) is 39.2. The Morgan fingerprint density at radius 3 is 1.66 bits per heavy atom. The fraction of sp³-hybridized carbons (Fsp3) is 0.533. The molecule has 17 amide bonds. The van der Waals surface area contributed by atoms with E-state index < -0.39 is 222 Å². The lowest BCUT2D eigenvalue weighted by molar-refractivity contribution is -0.149. The fourth-order valence-electron chi connectivity index (χ4n) is 16.7. The highest BCUT2D eigenvalue weighted by molar-refractivity contribution is 9.10. The molecule has 3 aliphatic heterocycles. The number of unbranched alkanes of at least 4 members (excludes halogenated alkanes) is 2. The highest BCUT2D eigenvalue weighted by Gasteiger charge is 2.47. The number of nitrogens with zero attached hydrogens (tertiary/aromatic N) is 6. The average Bonchev–Trinajstić information content (AvgIpc) is 1.72. The predicted molar refractivity (Wildman–Crippen MR) is 499 cm³/mol. The minimum atomic E-state index is -1.78. The fourth-order valence-corrected chi connectivity index (χ4v) is 18.0. The number of carbonyl (C=O) groups excluding carboxylic acids is 17. The first-order valence-corrected chi connectivity index (χ1v) is 47.0. The van der Waals surface area contributed by atoms with Gasteiger partial charge in [-0.3, -0.25) is 81.5 Å². The summed E-state index contributed by atoms with van der Waals surface area (Å²) in [6.07, 6.45) is 3.82. The molecule has 3 saturated heterocycles. The number of imidazole rings is 1. The summed E-state index contributed by atoms with van der Waals surface area (Å²) >= 11 is 4.05. The van der Waals surface area contributed by atoms with E-state index in [9.17, 15) is 53.4 Å². The van der Waals surface area contributed by atoms with Gasteiger partial charge in [-0.15, -0.1) is 11.8 Å². The van der Waals surface area contributed by atoms with Crippen LogP contribution in [0.3, 0.4) is 0 Å². The van der Waals surface area contributed by atoms with Crippen molar-refractivity contribution in [1.29, 1.82) is 0 Å². The number of aliphatic hydroxyl groups is 1. The summed E-state index contributed by atoms with van der Waals surface area (Å²) in [5, 5.41) is 50.1. The number of H-pyrrole nitrogens is 3. The van der Waals surface area contributed by atoms with E-state index in [1.54, 1.807) is 74.8 Å². The summed E-state index contributed by atoms with van der Waals surface area (Å²) < 4.78 is 0.204. The molecule has 3 fully saturated rings. The predicted octanol–water partition coefficient (Wildman–Crippen LogP) is -1.72. The molecule has 42 nitrogen and oxygen atoms in total. The summed E-state index contributed by atoms with van der Waals surface area (Å²) in [6.45, 7) is 6.80. The van der Waals surface area contributed by atoms with Gasteiger partial charge >= 0.3 is 0 Å². The number of aromatic hydroxyl groups is 1.